The standard InChI is InChI=1S/C21H19ClFN3O2/c1-13-9-18(19(28-2)10-17(13)22)26-20-8-5-15(12-24-20)21(27)25-11-14-3-6-16(23)7-4-14/h3-10,12H,11H2,1-2H3,(H,24,26)(H,25,27). The van der Waals surface area contributed by atoms with Gasteiger partial charge in [0.15, 0.2) is 0 Å². The molecule has 28 heavy (non-hydrogen) atoms. The van der Waals surface area contributed by atoms with Gasteiger partial charge in [-0.25, -0.2) is 9.37 Å². The molecule has 144 valence electrons. The van der Waals surface area contributed by atoms with Crippen LogP contribution in [0.2, 0.25) is 5.02 Å². The Bertz CT molecular complexity index is 976. The molecule has 2 aromatic carbocycles. The summed E-state index contributed by atoms with van der Waals surface area (Å²) < 4.78 is 18.3. The van der Waals surface area contributed by atoms with Crippen LogP contribution in [0, 0.1) is 12.7 Å². The van der Waals surface area contributed by atoms with E-state index in [1.807, 2.05) is 13.0 Å². The topological polar surface area (TPSA) is 63.2 Å². The van der Waals surface area contributed by atoms with E-state index in [1.165, 1.54) is 18.3 Å². The monoisotopic (exact) mass is 399 g/mol. The molecule has 1 heterocycles. The van der Waals surface area contributed by atoms with Gasteiger partial charge in [0.2, 0.25) is 0 Å². The molecule has 3 rings (SSSR count). The number of methoxy groups -OCH3 is 1. The molecule has 7 heteroatoms. The van der Waals surface area contributed by atoms with Gasteiger partial charge in [-0.05, 0) is 48.4 Å². The van der Waals surface area contributed by atoms with Gasteiger partial charge in [-0.1, -0.05) is 23.7 Å². The van der Waals surface area contributed by atoms with E-state index in [0.717, 1.165) is 16.8 Å². The van der Waals surface area contributed by atoms with Gasteiger partial charge in [-0.2, -0.15) is 0 Å². The molecule has 0 atom stereocenters. The highest BCUT2D eigenvalue weighted by molar-refractivity contribution is 6.31. The molecule has 0 radical (unpaired) electrons. The minimum absolute atomic E-state index is 0.261. The second-order valence-corrected chi connectivity index (χ2v) is 6.58. The lowest BCUT2D eigenvalue weighted by Crippen LogP contribution is -2.22. The van der Waals surface area contributed by atoms with Crippen molar-refractivity contribution in [3.05, 3.63) is 82.3 Å². The van der Waals surface area contributed by atoms with E-state index in [1.54, 1.807) is 37.4 Å². The molecule has 0 fully saturated rings. The molecule has 0 bridgehead atoms. The molecule has 2 N–H and O–H groups in total. The first-order chi connectivity index (χ1) is 13.5. The normalized spacial score (nSPS) is 10.4. The molecular formula is C21H19ClFN3O2. The number of carbonyl (C=O) groups is 1. The Kier molecular flexibility index (Phi) is 6.11. The van der Waals surface area contributed by atoms with Crippen molar-refractivity contribution in [1.29, 1.82) is 0 Å². The van der Waals surface area contributed by atoms with E-state index in [0.29, 0.717) is 28.7 Å². The third-order valence-electron chi connectivity index (χ3n) is 4.14. The third-order valence-corrected chi connectivity index (χ3v) is 4.54. The van der Waals surface area contributed by atoms with Gasteiger partial charge in [0.05, 0.1) is 18.4 Å². The van der Waals surface area contributed by atoms with E-state index in [2.05, 4.69) is 15.6 Å². The van der Waals surface area contributed by atoms with Gasteiger partial charge in [-0.3, -0.25) is 4.79 Å². The summed E-state index contributed by atoms with van der Waals surface area (Å²) >= 11 is 6.12. The quantitative estimate of drug-likeness (QED) is 0.621. The Morgan fingerprint density at radius 3 is 2.57 bits per heavy atom. The molecule has 0 unspecified atom stereocenters. The van der Waals surface area contributed by atoms with Crippen LogP contribution >= 0.6 is 11.6 Å². The second kappa shape index (κ2) is 8.71. The summed E-state index contributed by atoms with van der Waals surface area (Å²) in [5.41, 5.74) is 2.87. The maximum Gasteiger partial charge on any atom is 0.253 e. The Morgan fingerprint density at radius 2 is 1.93 bits per heavy atom. The van der Waals surface area contributed by atoms with E-state index in [-0.39, 0.29) is 11.7 Å². The molecule has 0 aliphatic carbocycles. The van der Waals surface area contributed by atoms with Gasteiger partial charge in [0.1, 0.15) is 17.4 Å². The number of nitrogens with zero attached hydrogens (tertiary/aromatic N) is 1. The Morgan fingerprint density at radius 1 is 1.18 bits per heavy atom. The van der Waals surface area contributed by atoms with Gasteiger partial charge < -0.3 is 15.4 Å². The molecule has 1 aromatic heterocycles. The largest absolute Gasteiger partial charge is 0.495 e. The van der Waals surface area contributed by atoms with Crippen LogP contribution in [0.15, 0.2) is 54.7 Å². The molecule has 1 amide bonds. The summed E-state index contributed by atoms with van der Waals surface area (Å²) in [6.45, 7) is 2.20. The summed E-state index contributed by atoms with van der Waals surface area (Å²) in [5.74, 6) is 0.590. The Balaban J connectivity index is 1.65. The summed E-state index contributed by atoms with van der Waals surface area (Å²) in [6.07, 6.45) is 1.48. The predicted molar refractivity (Wildman–Crippen MR) is 108 cm³/mol. The maximum absolute atomic E-state index is 12.9. The van der Waals surface area contributed by atoms with Crippen molar-refractivity contribution >= 4 is 29.0 Å². The summed E-state index contributed by atoms with van der Waals surface area (Å²) in [4.78, 5) is 16.5. The lowest BCUT2D eigenvalue weighted by atomic mass is 10.2. The predicted octanol–water partition coefficient (Wildman–Crippen LogP) is 4.86. The number of anilines is 2. The number of ether oxygens (including phenoxy) is 1. The molecule has 0 saturated heterocycles. The zero-order chi connectivity index (χ0) is 20.1. The number of benzene rings is 2. The smallest absolute Gasteiger partial charge is 0.253 e. The third kappa shape index (κ3) is 4.78. The van der Waals surface area contributed by atoms with Gasteiger partial charge >= 0.3 is 0 Å². The van der Waals surface area contributed by atoms with E-state index >= 15 is 0 Å². The lowest BCUT2D eigenvalue weighted by molar-refractivity contribution is 0.0950. The fourth-order valence-electron chi connectivity index (χ4n) is 2.56. The van der Waals surface area contributed by atoms with Crippen LogP contribution in [-0.4, -0.2) is 18.0 Å². The number of aryl methyl sites for hydroxylation is 1. The van der Waals surface area contributed by atoms with Crippen LogP contribution in [0.3, 0.4) is 0 Å². The molecule has 3 aromatic rings. The molecular weight excluding hydrogens is 381 g/mol. The highest BCUT2D eigenvalue weighted by Gasteiger charge is 2.10. The molecule has 0 spiro atoms. The minimum Gasteiger partial charge on any atom is -0.495 e. The average Bonchev–Trinajstić information content (AvgIpc) is 2.70. The van der Waals surface area contributed by atoms with Gasteiger partial charge in [0.25, 0.3) is 5.91 Å². The lowest BCUT2D eigenvalue weighted by Gasteiger charge is -2.13. The fourth-order valence-corrected chi connectivity index (χ4v) is 2.71. The average molecular weight is 400 g/mol. The highest BCUT2D eigenvalue weighted by Crippen LogP contribution is 2.32. The van der Waals surface area contributed by atoms with Crippen LogP contribution in [0.25, 0.3) is 0 Å². The first-order valence-corrected chi connectivity index (χ1v) is 8.94. The number of rotatable bonds is 6. The number of aromatic nitrogens is 1. The van der Waals surface area contributed by atoms with Crippen molar-refractivity contribution in [3.63, 3.8) is 0 Å². The Hall–Kier alpha value is -3.12. The Labute approximate surface area is 167 Å². The minimum atomic E-state index is -0.310. The summed E-state index contributed by atoms with van der Waals surface area (Å²) in [5, 5.41) is 6.55. The summed E-state index contributed by atoms with van der Waals surface area (Å²) in [7, 11) is 1.56. The van der Waals surface area contributed by atoms with Crippen LogP contribution in [0.4, 0.5) is 15.9 Å². The molecule has 0 aliphatic heterocycles. The molecule has 5 nitrogen and oxygen atoms in total. The van der Waals surface area contributed by atoms with Crippen molar-refractivity contribution in [1.82, 2.24) is 10.3 Å². The van der Waals surface area contributed by atoms with E-state index in [9.17, 15) is 9.18 Å². The maximum atomic E-state index is 12.9. The second-order valence-electron chi connectivity index (χ2n) is 6.17. The molecule has 0 saturated carbocycles. The number of hydrogen-bond donors (Lipinski definition) is 2. The molecule has 0 aliphatic rings. The number of halogens is 2. The number of carbonyl (C=O) groups excluding carboxylic acids is 1. The first-order valence-electron chi connectivity index (χ1n) is 8.56. The summed E-state index contributed by atoms with van der Waals surface area (Å²) in [6, 6.07) is 12.9. The van der Waals surface area contributed by atoms with Crippen LogP contribution in [-0.2, 0) is 6.54 Å². The number of amides is 1. The van der Waals surface area contributed by atoms with E-state index in [4.69, 9.17) is 16.3 Å². The fraction of sp³-hybridized carbons (Fsp3) is 0.143. The van der Waals surface area contributed by atoms with E-state index < -0.39 is 0 Å². The first kappa shape index (κ1) is 19.6. The highest BCUT2D eigenvalue weighted by atomic mass is 35.5. The van der Waals surface area contributed by atoms with Crippen LogP contribution < -0.4 is 15.4 Å². The van der Waals surface area contributed by atoms with Crippen molar-refractivity contribution in [3.8, 4) is 5.75 Å². The van der Waals surface area contributed by atoms with Gasteiger partial charge in [0, 0.05) is 23.8 Å². The van der Waals surface area contributed by atoms with Crippen molar-refractivity contribution in [2.24, 2.45) is 0 Å². The number of hydrogen-bond acceptors (Lipinski definition) is 4. The zero-order valence-electron chi connectivity index (χ0n) is 15.4. The van der Waals surface area contributed by atoms with Crippen LogP contribution in [0.1, 0.15) is 21.5 Å². The van der Waals surface area contributed by atoms with Crippen molar-refractivity contribution < 1.29 is 13.9 Å². The SMILES string of the molecule is COc1cc(Cl)c(C)cc1Nc1ccc(C(=O)NCc2ccc(F)cc2)cn1. The van der Waals surface area contributed by atoms with Crippen LogP contribution in [0.5, 0.6) is 5.75 Å². The van der Waals surface area contributed by atoms with Gasteiger partial charge in [-0.15, -0.1) is 0 Å². The van der Waals surface area contributed by atoms with Crippen molar-refractivity contribution in [2.75, 3.05) is 12.4 Å². The number of pyridine rings is 1. The zero-order valence-corrected chi connectivity index (χ0v) is 16.2. The van der Waals surface area contributed by atoms with Crippen molar-refractivity contribution in [2.45, 2.75) is 13.5 Å². The number of nitrogens with one attached hydrogen (secondary N) is 2.